The Kier molecular flexibility index (Phi) is 4.98. The summed E-state index contributed by atoms with van der Waals surface area (Å²) in [6.45, 7) is 3.00. The predicted molar refractivity (Wildman–Crippen MR) is 94.9 cm³/mol. The maximum atomic E-state index is 11.5. The molecule has 0 atom stereocenters. The second-order valence-electron chi connectivity index (χ2n) is 5.84. The molecule has 132 valence electrons. The zero-order chi connectivity index (χ0) is 18.0. The summed E-state index contributed by atoms with van der Waals surface area (Å²) in [5.74, 6) is 1.20. The van der Waals surface area contributed by atoms with Gasteiger partial charge < -0.3 is 4.52 Å². The standard InChI is InChI=1S/C16H18N4O3S2/c1-11-17-15(19-23-11)9-20(2)8-13-10-24-16(18-13)12-4-6-14(7-5-12)25(3,21)22/h4-7,10H,8-9H2,1-3H3. The number of aryl methyl sites for hydroxylation is 1. The van der Waals surface area contributed by atoms with Crippen LogP contribution in [0.3, 0.4) is 0 Å². The van der Waals surface area contributed by atoms with Gasteiger partial charge in [0.25, 0.3) is 0 Å². The van der Waals surface area contributed by atoms with Crippen LogP contribution in [0.4, 0.5) is 0 Å². The quantitative estimate of drug-likeness (QED) is 0.651. The molecule has 0 fully saturated rings. The van der Waals surface area contributed by atoms with Gasteiger partial charge in [0.2, 0.25) is 5.89 Å². The second-order valence-corrected chi connectivity index (χ2v) is 8.72. The Labute approximate surface area is 150 Å². The van der Waals surface area contributed by atoms with Gasteiger partial charge in [0.15, 0.2) is 15.7 Å². The lowest BCUT2D eigenvalue weighted by Crippen LogP contribution is -2.18. The third-order valence-corrected chi connectivity index (χ3v) is 5.56. The van der Waals surface area contributed by atoms with Crippen LogP contribution in [0.2, 0.25) is 0 Å². The molecule has 0 aliphatic carbocycles. The summed E-state index contributed by atoms with van der Waals surface area (Å²) in [6, 6.07) is 6.78. The van der Waals surface area contributed by atoms with Crippen LogP contribution in [0.25, 0.3) is 10.6 Å². The highest BCUT2D eigenvalue weighted by molar-refractivity contribution is 7.90. The van der Waals surface area contributed by atoms with Crippen molar-refractivity contribution < 1.29 is 12.9 Å². The van der Waals surface area contributed by atoms with E-state index in [0.717, 1.165) is 16.3 Å². The first-order valence-electron chi connectivity index (χ1n) is 7.54. The minimum atomic E-state index is -3.18. The number of thiazole rings is 1. The van der Waals surface area contributed by atoms with E-state index in [1.165, 1.54) is 17.6 Å². The number of sulfone groups is 1. The molecule has 0 amide bonds. The molecule has 3 aromatic rings. The van der Waals surface area contributed by atoms with Crippen LogP contribution in [-0.2, 0) is 22.9 Å². The fourth-order valence-corrected chi connectivity index (χ4v) is 3.78. The maximum absolute atomic E-state index is 11.5. The molecule has 0 aliphatic heterocycles. The van der Waals surface area contributed by atoms with Crippen LogP contribution in [0.1, 0.15) is 17.4 Å². The van der Waals surface area contributed by atoms with E-state index >= 15 is 0 Å². The number of rotatable bonds is 6. The van der Waals surface area contributed by atoms with Gasteiger partial charge >= 0.3 is 0 Å². The van der Waals surface area contributed by atoms with Gasteiger partial charge in [0, 0.05) is 30.7 Å². The molecule has 0 N–H and O–H groups in total. The highest BCUT2D eigenvalue weighted by Crippen LogP contribution is 2.25. The van der Waals surface area contributed by atoms with Gasteiger partial charge in [-0.05, 0) is 19.2 Å². The Bertz CT molecular complexity index is 961. The van der Waals surface area contributed by atoms with Crippen molar-refractivity contribution in [3.8, 4) is 10.6 Å². The van der Waals surface area contributed by atoms with Gasteiger partial charge in [-0.25, -0.2) is 13.4 Å². The zero-order valence-electron chi connectivity index (χ0n) is 14.1. The van der Waals surface area contributed by atoms with Crippen molar-refractivity contribution >= 4 is 21.2 Å². The van der Waals surface area contributed by atoms with Gasteiger partial charge in [0.05, 0.1) is 17.1 Å². The zero-order valence-corrected chi connectivity index (χ0v) is 15.8. The molecule has 25 heavy (non-hydrogen) atoms. The molecule has 0 unspecified atom stereocenters. The van der Waals surface area contributed by atoms with E-state index < -0.39 is 9.84 Å². The molecule has 2 heterocycles. The monoisotopic (exact) mass is 378 g/mol. The van der Waals surface area contributed by atoms with Crippen LogP contribution >= 0.6 is 11.3 Å². The number of aromatic nitrogens is 3. The Morgan fingerprint density at radius 2 is 1.88 bits per heavy atom. The minimum Gasteiger partial charge on any atom is -0.340 e. The van der Waals surface area contributed by atoms with E-state index in [9.17, 15) is 8.42 Å². The Hall–Kier alpha value is -2.10. The molecule has 0 radical (unpaired) electrons. The van der Waals surface area contributed by atoms with Gasteiger partial charge in [-0.1, -0.05) is 17.3 Å². The smallest absolute Gasteiger partial charge is 0.223 e. The van der Waals surface area contributed by atoms with Gasteiger partial charge in [-0.2, -0.15) is 4.98 Å². The van der Waals surface area contributed by atoms with Crippen LogP contribution in [-0.4, -0.2) is 41.7 Å². The molecule has 7 nitrogen and oxygen atoms in total. The second kappa shape index (κ2) is 7.03. The molecule has 0 saturated carbocycles. The van der Waals surface area contributed by atoms with Gasteiger partial charge in [-0.3, -0.25) is 4.90 Å². The summed E-state index contributed by atoms with van der Waals surface area (Å²) in [6.07, 6.45) is 1.20. The highest BCUT2D eigenvalue weighted by Gasteiger charge is 2.11. The van der Waals surface area contributed by atoms with E-state index in [2.05, 4.69) is 20.0 Å². The third-order valence-electron chi connectivity index (χ3n) is 3.49. The largest absolute Gasteiger partial charge is 0.340 e. The van der Waals surface area contributed by atoms with Crippen molar-refractivity contribution in [3.05, 3.63) is 47.1 Å². The molecular weight excluding hydrogens is 360 g/mol. The maximum Gasteiger partial charge on any atom is 0.223 e. The summed E-state index contributed by atoms with van der Waals surface area (Å²) >= 11 is 1.53. The van der Waals surface area contributed by atoms with Crippen molar-refractivity contribution in [2.45, 2.75) is 24.9 Å². The molecule has 0 saturated heterocycles. The third kappa shape index (κ3) is 4.50. The first kappa shape index (κ1) is 17.7. The van der Waals surface area contributed by atoms with Crippen LogP contribution in [0.5, 0.6) is 0 Å². The van der Waals surface area contributed by atoms with Crippen molar-refractivity contribution in [1.82, 2.24) is 20.0 Å². The van der Waals surface area contributed by atoms with Crippen LogP contribution in [0, 0.1) is 6.92 Å². The normalized spacial score (nSPS) is 12.0. The Morgan fingerprint density at radius 1 is 1.16 bits per heavy atom. The summed E-state index contributed by atoms with van der Waals surface area (Å²) in [5.41, 5.74) is 1.84. The summed E-state index contributed by atoms with van der Waals surface area (Å²) < 4.78 is 28.0. The average Bonchev–Trinajstić information content (AvgIpc) is 3.16. The fraction of sp³-hybridized carbons (Fsp3) is 0.312. The Morgan fingerprint density at radius 3 is 2.48 bits per heavy atom. The molecule has 0 bridgehead atoms. The molecule has 0 aliphatic rings. The van der Waals surface area contributed by atoms with Crippen molar-refractivity contribution in [3.63, 3.8) is 0 Å². The van der Waals surface area contributed by atoms with Gasteiger partial charge in [-0.15, -0.1) is 11.3 Å². The number of nitrogens with zero attached hydrogens (tertiary/aromatic N) is 4. The molecule has 1 aromatic carbocycles. The first-order chi connectivity index (χ1) is 11.8. The van der Waals surface area contributed by atoms with Crippen molar-refractivity contribution in [2.24, 2.45) is 0 Å². The van der Waals surface area contributed by atoms with Crippen LogP contribution < -0.4 is 0 Å². The van der Waals surface area contributed by atoms with Crippen LogP contribution in [0.15, 0.2) is 39.1 Å². The molecular formula is C16H18N4O3S2. The fourth-order valence-electron chi connectivity index (χ4n) is 2.34. The lowest BCUT2D eigenvalue weighted by Gasteiger charge is -2.12. The van der Waals surface area contributed by atoms with E-state index in [4.69, 9.17) is 4.52 Å². The Balaban J connectivity index is 1.67. The summed E-state index contributed by atoms with van der Waals surface area (Å²) in [4.78, 5) is 11.2. The molecule has 9 heteroatoms. The number of benzene rings is 1. The lowest BCUT2D eigenvalue weighted by molar-refractivity contribution is 0.298. The van der Waals surface area contributed by atoms with E-state index in [-0.39, 0.29) is 0 Å². The molecule has 0 spiro atoms. The predicted octanol–water partition coefficient (Wildman–Crippen LogP) is 2.54. The van der Waals surface area contributed by atoms with Crippen molar-refractivity contribution in [1.29, 1.82) is 0 Å². The van der Waals surface area contributed by atoms with E-state index in [1.807, 2.05) is 12.4 Å². The minimum absolute atomic E-state index is 0.308. The van der Waals surface area contributed by atoms with E-state index in [1.54, 1.807) is 31.2 Å². The highest BCUT2D eigenvalue weighted by atomic mass is 32.2. The average molecular weight is 378 g/mol. The number of hydrogen-bond donors (Lipinski definition) is 0. The topological polar surface area (TPSA) is 89.2 Å². The first-order valence-corrected chi connectivity index (χ1v) is 10.3. The van der Waals surface area contributed by atoms with E-state index in [0.29, 0.717) is 29.7 Å². The lowest BCUT2D eigenvalue weighted by atomic mass is 10.2. The summed E-state index contributed by atoms with van der Waals surface area (Å²) in [7, 11) is -1.22. The summed E-state index contributed by atoms with van der Waals surface area (Å²) in [5, 5.41) is 6.74. The number of hydrogen-bond acceptors (Lipinski definition) is 8. The SMILES string of the molecule is Cc1nc(CN(C)Cc2csc(-c3ccc(S(C)(=O)=O)cc3)n2)no1. The molecule has 3 rings (SSSR count). The molecule has 2 aromatic heterocycles. The van der Waals surface area contributed by atoms with Crippen molar-refractivity contribution in [2.75, 3.05) is 13.3 Å². The van der Waals surface area contributed by atoms with Gasteiger partial charge in [0.1, 0.15) is 5.01 Å².